The van der Waals surface area contributed by atoms with Crippen LogP contribution >= 0.6 is 0 Å². The smallest absolute Gasteiger partial charge is 0.261 e. The highest BCUT2D eigenvalue weighted by molar-refractivity contribution is 6.11. The van der Waals surface area contributed by atoms with Crippen LogP contribution in [0.25, 0.3) is 10.9 Å². The summed E-state index contributed by atoms with van der Waals surface area (Å²) < 4.78 is 10.9. The topological polar surface area (TPSA) is 67.6 Å². The van der Waals surface area contributed by atoms with Crippen molar-refractivity contribution in [2.75, 3.05) is 36.5 Å². The predicted octanol–water partition coefficient (Wildman–Crippen LogP) is 3.23. The van der Waals surface area contributed by atoms with Crippen molar-refractivity contribution < 1.29 is 13.9 Å². The van der Waals surface area contributed by atoms with Crippen LogP contribution in [0.1, 0.15) is 16.1 Å². The summed E-state index contributed by atoms with van der Waals surface area (Å²) in [6, 6.07) is 9.59. The van der Waals surface area contributed by atoms with Gasteiger partial charge in [-0.05, 0) is 19.1 Å². The Balaban J connectivity index is 1.66. The summed E-state index contributed by atoms with van der Waals surface area (Å²) in [7, 11) is 0. The van der Waals surface area contributed by atoms with Crippen molar-refractivity contribution in [1.29, 1.82) is 0 Å². The molecule has 3 heterocycles. The van der Waals surface area contributed by atoms with Crippen LogP contribution in [0.15, 0.2) is 47.2 Å². The van der Waals surface area contributed by atoms with Gasteiger partial charge in [0.15, 0.2) is 0 Å². The van der Waals surface area contributed by atoms with E-state index in [4.69, 9.17) is 9.15 Å². The number of anilines is 2. The number of nitrogens with zero attached hydrogens (tertiary/aromatic N) is 2. The number of aromatic nitrogens is 1. The van der Waals surface area contributed by atoms with Gasteiger partial charge >= 0.3 is 0 Å². The van der Waals surface area contributed by atoms with Crippen molar-refractivity contribution in [3.63, 3.8) is 0 Å². The summed E-state index contributed by atoms with van der Waals surface area (Å²) in [6.07, 6.45) is 3.37. The fourth-order valence-corrected chi connectivity index (χ4v) is 3.15. The third-order valence-electron chi connectivity index (χ3n) is 4.42. The van der Waals surface area contributed by atoms with Crippen molar-refractivity contribution in [2.24, 2.45) is 0 Å². The van der Waals surface area contributed by atoms with Gasteiger partial charge in [0.05, 0.1) is 30.1 Å². The lowest BCUT2D eigenvalue weighted by molar-refractivity contribution is 0.102. The van der Waals surface area contributed by atoms with E-state index < -0.39 is 0 Å². The lowest BCUT2D eigenvalue weighted by atomic mass is 10.1. The maximum Gasteiger partial charge on any atom is 0.261 e. The highest BCUT2D eigenvalue weighted by Crippen LogP contribution is 2.29. The van der Waals surface area contributed by atoms with Gasteiger partial charge in [-0.25, -0.2) is 0 Å². The Hall–Kier alpha value is -2.86. The molecule has 1 N–H and O–H groups in total. The molecule has 0 saturated carbocycles. The molecule has 0 radical (unpaired) electrons. The number of fused-ring (bicyclic) bond motifs is 1. The molecule has 1 aliphatic rings. The molecular formula is C19H19N3O3. The van der Waals surface area contributed by atoms with Gasteiger partial charge in [-0.3, -0.25) is 9.78 Å². The average molecular weight is 337 g/mol. The van der Waals surface area contributed by atoms with Crippen LogP contribution in [0, 0.1) is 6.92 Å². The van der Waals surface area contributed by atoms with Crippen molar-refractivity contribution >= 4 is 28.2 Å². The largest absolute Gasteiger partial charge is 0.467 e. The molecule has 2 aromatic heterocycles. The quantitative estimate of drug-likeness (QED) is 0.795. The summed E-state index contributed by atoms with van der Waals surface area (Å²) in [5.74, 6) is 0.415. The fourth-order valence-electron chi connectivity index (χ4n) is 3.15. The Labute approximate surface area is 145 Å². The van der Waals surface area contributed by atoms with Crippen molar-refractivity contribution in [1.82, 2.24) is 4.98 Å². The summed E-state index contributed by atoms with van der Waals surface area (Å²) >= 11 is 0. The molecule has 6 nitrogen and oxygen atoms in total. The summed E-state index contributed by atoms with van der Waals surface area (Å²) in [5.41, 5.74) is 2.84. The molecule has 0 aliphatic carbocycles. The first-order chi connectivity index (χ1) is 12.2. The number of carbonyl (C=O) groups excluding carboxylic acids is 1. The first-order valence-corrected chi connectivity index (χ1v) is 8.30. The van der Waals surface area contributed by atoms with Crippen LogP contribution in [-0.4, -0.2) is 37.2 Å². The van der Waals surface area contributed by atoms with Crippen LogP contribution in [0.5, 0.6) is 0 Å². The number of morpholine rings is 1. The first kappa shape index (κ1) is 15.7. The van der Waals surface area contributed by atoms with Crippen molar-refractivity contribution in [3.8, 4) is 0 Å². The Morgan fingerprint density at radius 1 is 1.20 bits per heavy atom. The normalized spacial score (nSPS) is 14.7. The van der Waals surface area contributed by atoms with Crippen LogP contribution in [0.3, 0.4) is 0 Å². The van der Waals surface area contributed by atoms with E-state index in [-0.39, 0.29) is 5.91 Å². The van der Waals surface area contributed by atoms with E-state index in [2.05, 4.69) is 15.2 Å². The Bertz CT molecular complexity index is 908. The molecular weight excluding hydrogens is 318 g/mol. The van der Waals surface area contributed by atoms with E-state index in [0.29, 0.717) is 30.2 Å². The molecule has 4 rings (SSSR count). The third kappa shape index (κ3) is 2.96. The number of furan rings is 1. The second kappa shape index (κ2) is 6.57. The fraction of sp³-hybridized carbons (Fsp3) is 0.263. The molecule has 0 bridgehead atoms. The molecule has 1 aliphatic heterocycles. The maximum atomic E-state index is 12.9. The molecule has 1 fully saturated rings. The Morgan fingerprint density at radius 2 is 2.00 bits per heavy atom. The van der Waals surface area contributed by atoms with Crippen LogP contribution in [-0.2, 0) is 4.74 Å². The minimum absolute atomic E-state index is 0.189. The highest BCUT2D eigenvalue weighted by Gasteiger charge is 2.24. The SMILES string of the molecule is Cc1occ(N2CCOCC2)c1C(=O)Nc1cccc2cccnc12. The number of para-hydroxylation sites is 1. The number of rotatable bonds is 3. The minimum Gasteiger partial charge on any atom is -0.467 e. The van der Waals surface area contributed by atoms with Gasteiger partial charge in [-0.1, -0.05) is 18.2 Å². The molecule has 1 amide bonds. The van der Waals surface area contributed by atoms with Gasteiger partial charge in [0.2, 0.25) is 0 Å². The van der Waals surface area contributed by atoms with Crippen LogP contribution in [0.4, 0.5) is 11.4 Å². The van der Waals surface area contributed by atoms with Gasteiger partial charge in [0.1, 0.15) is 17.6 Å². The Kier molecular flexibility index (Phi) is 4.11. The van der Waals surface area contributed by atoms with E-state index in [1.807, 2.05) is 30.3 Å². The molecule has 0 unspecified atom stereocenters. The number of benzene rings is 1. The molecule has 25 heavy (non-hydrogen) atoms. The molecule has 128 valence electrons. The zero-order valence-corrected chi connectivity index (χ0v) is 14.0. The number of nitrogens with one attached hydrogen (secondary N) is 1. The van der Waals surface area contributed by atoms with E-state index in [9.17, 15) is 4.79 Å². The lowest BCUT2D eigenvalue weighted by Crippen LogP contribution is -2.37. The standard InChI is InChI=1S/C19H19N3O3/c1-13-17(16(12-25-13)22-8-10-24-11-9-22)19(23)21-15-6-2-4-14-5-3-7-20-18(14)15/h2-7,12H,8-11H2,1H3,(H,21,23). The second-order valence-electron chi connectivity index (χ2n) is 5.99. The van der Waals surface area contributed by atoms with E-state index >= 15 is 0 Å². The third-order valence-corrected chi connectivity index (χ3v) is 4.42. The van der Waals surface area contributed by atoms with E-state index in [0.717, 1.165) is 29.7 Å². The van der Waals surface area contributed by atoms with Gasteiger partial charge in [0, 0.05) is 24.7 Å². The molecule has 6 heteroatoms. The Morgan fingerprint density at radius 3 is 2.84 bits per heavy atom. The summed E-state index contributed by atoms with van der Waals surface area (Å²) in [5, 5.41) is 3.97. The molecule has 3 aromatic rings. The van der Waals surface area contributed by atoms with Gasteiger partial charge in [0.25, 0.3) is 5.91 Å². The number of aryl methyl sites for hydroxylation is 1. The monoisotopic (exact) mass is 337 g/mol. The second-order valence-corrected chi connectivity index (χ2v) is 5.99. The minimum atomic E-state index is -0.189. The predicted molar refractivity (Wildman–Crippen MR) is 96.2 cm³/mol. The number of hydrogen-bond donors (Lipinski definition) is 1. The van der Waals surface area contributed by atoms with Gasteiger partial charge < -0.3 is 19.4 Å². The maximum absolute atomic E-state index is 12.9. The number of carbonyl (C=O) groups is 1. The van der Waals surface area contributed by atoms with E-state index in [1.54, 1.807) is 19.4 Å². The summed E-state index contributed by atoms with van der Waals surface area (Å²) in [6.45, 7) is 4.60. The number of pyridine rings is 1. The molecule has 0 spiro atoms. The number of amides is 1. The van der Waals surface area contributed by atoms with E-state index in [1.165, 1.54) is 0 Å². The van der Waals surface area contributed by atoms with Gasteiger partial charge in [-0.15, -0.1) is 0 Å². The summed E-state index contributed by atoms with van der Waals surface area (Å²) in [4.78, 5) is 19.5. The zero-order chi connectivity index (χ0) is 17.2. The van der Waals surface area contributed by atoms with Crippen LogP contribution < -0.4 is 10.2 Å². The van der Waals surface area contributed by atoms with Crippen molar-refractivity contribution in [3.05, 3.63) is 54.1 Å². The average Bonchev–Trinajstić information content (AvgIpc) is 3.04. The first-order valence-electron chi connectivity index (χ1n) is 8.30. The van der Waals surface area contributed by atoms with Crippen molar-refractivity contribution in [2.45, 2.75) is 6.92 Å². The lowest BCUT2D eigenvalue weighted by Gasteiger charge is -2.28. The molecule has 1 saturated heterocycles. The number of ether oxygens (including phenoxy) is 1. The van der Waals surface area contributed by atoms with Gasteiger partial charge in [-0.2, -0.15) is 0 Å². The molecule has 1 aromatic carbocycles. The molecule has 0 atom stereocenters. The highest BCUT2D eigenvalue weighted by atomic mass is 16.5. The zero-order valence-electron chi connectivity index (χ0n) is 14.0. The van der Waals surface area contributed by atoms with Crippen LogP contribution in [0.2, 0.25) is 0 Å². The number of hydrogen-bond acceptors (Lipinski definition) is 5.